The number of likely N-dealkylation sites (N-methyl/N-ethyl adjacent to an activating group) is 1. The van der Waals surface area contributed by atoms with Crippen molar-refractivity contribution >= 4 is 0 Å². The Morgan fingerprint density at radius 1 is 1.50 bits per heavy atom. The quantitative estimate of drug-likeness (QED) is 0.721. The zero-order valence-electron chi connectivity index (χ0n) is 9.16. The topological polar surface area (TPSA) is 30.5 Å². The van der Waals surface area contributed by atoms with E-state index in [0.29, 0.717) is 24.2 Å². The highest BCUT2D eigenvalue weighted by atomic mass is 16.5. The van der Waals surface area contributed by atoms with Gasteiger partial charge in [-0.1, -0.05) is 6.92 Å². The van der Waals surface area contributed by atoms with Crippen molar-refractivity contribution in [3.05, 3.63) is 0 Å². The molecule has 0 aliphatic carbocycles. The summed E-state index contributed by atoms with van der Waals surface area (Å²) in [5, 5.41) is 3.51. The van der Waals surface area contributed by atoms with E-state index in [2.05, 4.69) is 12.2 Å². The molecule has 0 radical (unpaired) electrons. The van der Waals surface area contributed by atoms with Crippen molar-refractivity contribution in [2.24, 2.45) is 5.92 Å². The van der Waals surface area contributed by atoms with Gasteiger partial charge in [0, 0.05) is 19.1 Å². The van der Waals surface area contributed by atoms with Crippen molar-refractivity contribution in [3.8, 4) is 0 Å². The third kappa shape index (κ3) is 1.95. The van der Waals surface area contributed by atoms with Gasteiger partial charge < -0.3 is 14.8 Å². The van der Waals surface area contributed by atoms with Gasteiger partial charge in [-0.25, -0.2) is 0 Å². The summed E-state index contributed by atoms with van der Waals surface area (Å²) in [7, 11) is 1.78. The molecule has 2 fully saturated rings. The Kier molecular flexibility index (Phi) is 3.42. The molecule has 4 atom stereocenters. The van der Waals surface area contributed by atoms with Gasteiger partial charge in [0.1, 0.15) is 0 Å². The van der Waals surface area contributed by atoms with E-state index in [1.165, 1.54) is 19.3 Å². The van der Waals surface area contributed by atoms with Crippen LogP contribution in [0.5, 0.6) is 0 Å². The van der Waals surface area contributed by atoms with Crippen molar-refractivity contribution < 1.29 is 9.47 Å². The van der Waals surface area contributed by atoms with Gasteiger partial charge in [-0.3, -0.25) is 0 Å². The zero-order chi connectivity index (χ0) is 9.97. The molecule has 3 heteroatoms. The number of rotatable bonds is 5. The Balaban J connectivity index is 1.90. The lowest BCUT2D eigenvalue weighted by Gasteiger charge is -2.28. The minimum atomic E-state index is 0.486. The summed E-state index contributed by atoms with van der Waals surface area (Å²) >= 11 is 0. The van der Waals surface area contributed by atoms with Gasteiger partial charge >= 0.3 is 0 Å². The molecule has 2 aliphatic heterocycles. The zero-order valence-corrected chi connectivity index (χ0v) is 9.16. The number of hydrogen-bond donors (Lipinski definition) is 1. The standard InChI is InChI=1S/C11H21NO2/c1-3-12-10(7-13-2)9-6-8-4-5-11(9)14-8/h8-12H,3-7H2,1-2H3. The minimum Gasteiger partial charge on any atom is -0.383 e. The van der Waals surface area contributed by atoms with E-state index in [9.17, 15) is 0 Å². The van der Waals surface area contributed by atoms with Crippen LogP contribution >= 0.6 is 0 Å². The van der Waals surface area contributed by atoms with Crippen LogP contribution in [0, 0.1) is 5.92 Å². The Hall–Kier alpha value is -0.120. The van der Waals surface area contributed by atoms with E-state index in [0.717, 1.165) is 13.2 Å². The molecule has 2 aliphatic rings. The van der Waals surface area contributed by atoms with Crippen molar-refractivity contribution in [1.29, 1.82) is 0 Å². The van der Waals surface area contributed by atoms with Gasteiger partial charge in [0.2, 0.25) is 0 Å². The van der Waals surface area contributed by atoms with Gasteiger partial charge in [-0.2, -0.15) is 0 Å². The molecule has 0 amide bonds. The molecule has 14 heavy (non-hydrogen) atoms. The smallest absolute Gasteiger partial charge is 0.0624 e. The third-order valence-corrected chi connectivity index (χ3v) is 3.48. The first kappa shape index (κ1) is 10.4. The number of ether oxygens (including phenoxy) is 2. The highest BCUT2D eigenvalue weighted by Gasteiger charge is 2.43. The normalized spacial score (nSPS) is 37.7. The van der Waals surface area contributed by atoms with E-state index in [-0.39, 0.29) is 0 Å². The summed E-state index contributed by atoms with van der Waals surface area (Å²) in [4.78, 5) is 0. The lowest BCUT2D eigenvalue weighted by Crippen LogP contribution is -2.43. The van der Waals surface area contributed by atoms with Gasteiger partial charge in [0.05, 0.1) is 18.8 Å². The second-order valence-corrected chi connectivity index (χ2v) is 4.39. The second-order valence-electron chi connectivity index (χ2n) is 4.39. The van der Waals surface area contributed by atoms with Crippen LogP contribution in [0.3, 0.4) is 0 Å². The molecule has 0 aromatic heterocycles. The molecule has 0 aromatic carbocycles. The maximum Gasteiger partial charge on any atom is 0.0624 e. The molecule has 2 bridgehead atoms. The molecule has 0 aromatic rings. The predicted octanol–water partition coefficient (Wildman–Crippen LogP) is 1.18. The number of nitrogens with one attached hydrogen (secondary N) is 1. The first-order chi connectivity index (χ1) is 6.85. The molecule has 82 valence electrons. The highest BCUT2D eigenvalue weighted by Crippen LogP contribution is 2.40. The van der Waals surface area contributed by atoms with Crippen LogP contribution in [0.4, 0.5) is 0 Å². The highest BCUT2D eigenvalue weighted by molar-refractivity contribution is 4.95. The molecule has 0 saturated carbocycles. The fourth-order valence-corrected chi connectivity index (χ4v) is 2.88. The minimum absolute atomic E-state index is 0.486. The summed E-state index contributed by atoms with van der Waals surface area (Å²) in [6.07, 6.45) is 4.79. The molecule has 0 spiro atoms. The van der Waals surface area contributed by atoms with E-state index in [4.69, 9.17) is 9.47 Å². The first-order valence-corrected chi connectivity index (χ1v) is 5.73. The fraction of sp³-hybridized carbons (Fsp3) is 1.00. The van der Waals surface area contributed by atoms with Gasteiger partial charge in [-0.15, -0.1) is 0 Å². The lowest BCUT2D eigenvalue weighted by atomic mass is 9.84. The van der Waals surface area contributed by atoms with Crippen LogP contribution in [-0.2, 0) is 9.47 Å². The van der Waals surface area contributed by atoms with E-state index in [1.807, 2.05) is 0 Å². The van der Waals surface area contributed by atoms with Crippen LogP contribution in [-0.4, -0.2) is 38.5 Å². The van der Waals surface area contributed by atoms with Crippen molar-refractivity contribution in [3.63, 3.8) is 0 Å². The predicted molar refractivity (Wildman–Crippen MR) is 55.3 cm³/mol. The largest absolute Gasteiger partial charge is 0.383 e. The summed E-state index contributed by atoms with van der Waals surface area (Å²) in [6, 6.07) is 0.486. The summed E-state index contributed by atoms with van der Waals surface area (Å²) in [5.41, 5.74) is 0. The average molecular weight is 199 g/mol. The van der Waals surface area contributed by atoms with Gasteiger partial charge in [0.15, 0.2) is 0 Å². The summed E-state index contributed by atoms with van der Waals surface area (Å²) in [6.45, 7) is 3.98. The van der Waals surface area contributed by atoms with Crippen LogP contribution in [0.1, 0.15) is 26.2 Å². The van der Waals surface area contributed by atoms with Crippen molar-refractivity contribution in [1.82, 2.24) is 5.32 Å². The monoisotopic (exact) mass is 199 g/mol. The van der Waals surface area contributed by atoms with Gasteiger partial charge in [-0.05, 0) is 25.8 Å². The molecule has 1 N–H and O–H groups in total. The Morgan fingerprint density at radius 2 is 2.36 bits per heavy atom. The maximum atomic E-state index is 5.86. The van der Waals surface area contributed by atoms with E-state index >= 15 is 0 Å². The lowest BCUT2D eigenvalue weighted by molar-refractivity contribution is 0.0710. The van der Waals surface area contributed by atoms with Crippen LogP contribution in [0.25, 0.3) is 0 Å². The van der Waals surface area contributed by atoms with Crippen LogP contribution < -0.4 is 5.32 Å². The molecular formula is C11H21NO2. The molecule has 2 saturated heterocycles. The van der Waals surface area contributed by atoms with Crippen LogP contribution in [0.15, 0.2) is 0 Å². The Morgan fingerprint density at radius 3 is 2.86 bits per heavy atom. The third-order valence-electron chi connectivity index (χ3n) is 3.48. The number of fused-ring (bicyclic) bond motifs is 2. The summed E-state index contributed by atoms with van der Waals surface area (Å²) < 4.78 is 11.1. The van der Waals surface area contributed by atoms with E-state index in [1.54, 1.807) is 7.11 Å². The average Bonchev–Trinajstić information content (AvgIpc) is 2.78. The van der Waals surface area contributed by atoms with Crippen molar-refractivity contribution in [2.75, 3.05) is 20.3 Å². The molecular weight excluding hydrogens is 178 g/mol. The van der Waals surface area contributed by atoms with Crippen molar-refractivity contribution in [2.45, 2.75) is 44.4 Å². The number of methoxy groups -OCH3 is 1. The first-order valence-electron chi connectivity index (χ1n) is 5.73. The molecule has 2 heterocycles. The molecule has 4 unspecified atom stereocenters. The second kappa shape index (κ2) is 4.60. The molecule has 3 nitrogen and oxygen atoms in total. The van der Waals surface area contributed by atoms with Crippen LogP contribution in [0.2, 0.25) is 0 Å². The number of hydrogen-bond acceptors (Lipinski definition) is 3. The summed E-state index contributed by atoms with van der Waals surface area (Å²) in [5.74, 6) is 0.675. The van der Waals surface area contributed by atoms with E-state index < -0.39 is 0 Å². The fourth-order valence-electron chi connectivity index (χ4n) is 2.88. The van der Waals surface area contributed by atoms with Gasteiger partial charge in [0.25, 0.3) is 0 Å². The maximum absolute atomic E-state index is 5.86. The SMILES string of the molecule is CCNC(COC)C1CC2CCC1O2. The molecule has 2 rings (SSSR count). The Labute approximate surface area is 86.2 Å². The Bertz CT molecular complexity index is 180.